The van der Waals surface area contributed by atoms with Crippen molar-refractivity contribution in [3.63, 3.8) is 0 Å². The average Bonchev–Trinajstić information content (AvgIpc) is 2.42. The zero-order valence-corrected chi connectivity index (χ0v) is 13.7. The molecule has 20 heavy (non-hydrogen) atoms. The number of hydrogen-bond donors (Lipinski definition) is 0. The summed E-state index contributed by atoms with van der Waals surface area (Å²) in [5, 5.41) is 0. The zero-order valence-electron chi connectivity index (χ0n) is 12.1. The molecule has 0 aliphatic carbocycles. The van der Waals surface area contributed by atoms with Gasteiger partial charge in [0.1, 0.15) is 24.7 Å². The SMILES string of the molecule is Cc1cc(C)c(C)c(OCCOc2ccc(Br)cc2)c1. The number of aryl methyl sites for hydroxylation is 2. The van der Waals surface area contributed by atoms with Crippen molar-refractivity contribution in [1.29, 1.82) is 0 Å². The van der Waals surface area contributed by atoms with Crippen LogP contribution in [0.4, 0.5) is 0 Å². The molecule has 0 saturated heterocycles. The Balaban J connectivity index is 1.86. The second kappa shape index (κ2) is 6.80. The third-order valence-corrected chi connectivity index (χ3v) is 3.72. The van der Waals surface area contributed by atoms with Crippen molar-refractivity contribution in [3.05, 3.63) is 57.6 Å². The first kappa shape index (κ1) is 14.9. The summed E-state index contributed by atoms with van der Waals surface area (Å²) in [5.41, 5.74) is 3.67. The lowest BCUT2D eigenvalue weighted by Crippen LogP contribution is -2.10. The van der Waals surface area contributed by atoms with Gasteiger partial charge in [-0.2, -0.15) is 0 Å². The monoisotopic (exact) mass is 334 g/mol. The molecular weight excluding hydrogens is 316 g/mol. The van der Waals surface area contributed by atoms with Crippen molar-refractivity contribution in [2.45, 2.75) is 20.8 Å². The molecule has 2 rings (SSSR count). The average molecular weight is 335 g/mol. The summed E-state index contributed by atoms with van der Waals surface area (Å²) in [7, 11) is 0. The maximum absolute atomic E-state index is 5.81. The van der Waals surface area contributed by atoms with E-state index in [9.17, 15) is 0 Å². The Labute approximate surface area is 128 Å². The minimum absolute atomic E-state index is 0.536. The molecule has 0 fully saturated rings. The van der Waals surface area contributed by atoms with Crippen molar-refractivity contribution >= 4 is 15.9 Å². The van der Waals surface area contributed by atoms with E-state index < -0.39 is 0 Å². The molecule has 2 aromatic carbocycles. The Hall–Kier alpha value is -1.48. The second-order valence-corrected chi connectivity index (χ2v) is 5.77. The van der Waals surface area contributed by atoms with E-state index in [2.05, 4.69) is 48.8 Å². The lowest BCUT2D eigenvalue weighted by atomic mass is 10.1. The van der Waals surface area contributed by atoms with Gasteiger partial charge in [-0.05, 0) is 67.8 Å². The van der Waals surface area contributed by atoms with Gasteiger partial charge in [-0.3, -0.25) is 0 Å². The molecule has 0 radical (unpaired) electrons. The first-order valence-corrected chi connectivity index (χ1v) is 7.44. The molecule has 106 valence electrons. The molecule has 0 aromatic heterocycles. The van der Waals surface area contributed by atoms with Crippen LogP contribution < -0.4 is 9.47 Å². The molecule has 0 bridgehead atoms. The minimum Gasteiger partial charge on any atom is -0.490 e. The van der Waals surface area contributed by atoms with Crippen LogP contribution in [0.3, 0.4) is 0 Å². The van der Waals surface area contributed by atoms with Gasteiger partial charge in [-0.1, -0.05) is 22.0 Å². The van der Waals surface area contributed by atoms with Crippen LogP contribution in [0.15, 0.2) is 40.9 Å². The highest BCUT2D eigenvalue weighted by Crippen LogP contribution is 2.23. The van der Waals surface area contributed by atoms with E-state index in [1.807, 2.05) is 24.3 Å². The maximum atomic E-state index is 5.81. The van der Waals surface area contributed by atoms with E-state index in [1.54, 1.807) is 0 Å². The molecule has 0 heterocycles. The maximum Gasteiger partial charge on any atom is 0.122 e. The van der Waals surface area contributed by atoms with Gasteiger partial charge < -0.3 is 9.47 Å². The molecule has 0 aliphatic rings. The van der Waals surface area contributed by atoms with Crippen LogP contribution in [0.5, 0.6) is 11.5 Å². The van der Waals surface area contributed by atoms with Gasteiger partial charge in [0.2, 0.25) is 0 Å². The van der Waals surface area contributed by atoms with Crippen LogP contribution in [-0.2, 0) is 0 Å². The van der Waals surface area contributed by atoms with E-state index in [4.69, 9.17) is 9.47 Å². The smallest absolute Gasteiger partial charge is 0.122 e. The molecule has 0 saturated carbocycles. The predicted octanol–water partition coefficient (Wildman–Crippen LogP) is 4.83. The van der Waals surface area contributed by atoms with E-state index in [-0.39, 0.29) is 0 Å². The fourth-order valence-corrected chi connectivity index (χ4v) is 2.26. The Morgan fingerprint density at radius 3 is 2.25 bits per heavy atom. The van der Waals surface area contributed by atoms with Crippen LogP contribution in [0.2, 0.25) is 0 Å². The van der Waals surface area contributed by atoms with Crippen LogP contribution in [-0.4, -0.2) is 13.2 Å². The van der Waals surface area contributed by atoms with Gasteiger partial charge in [0, 0.05) is 4.47 Å². The summed E-state index contributed by atoms with van der Waals surface area (Å²) in [5.74, 6) is 1.80. The Morgan fingerprint density at radius 2 is 1.55 bits per heavy atom. The highest BCUT2D eigenvalue weighted by Gasteiger charge is 2.04. The number of hydrogen-bond acceptors (Lipinski definition) is 2. The van der Waals surface area contributed by atoms with Gasteiger partial charge >= 0.3 is 0 Å². The van der Waals surface area contributed by atoms with Crippen molar-refractivity contribution in [2.24, 2.45) is 0 Å². The van der Waals surface area contributed by atoms with E-state index in [1.165, 1.54) is 16.7 Å². The summed E-state index contributed by atoms with van der Waals surface area (Å²) in [4.78, 5) is 0. The van der Waals surface area contributed by atoms with Crippen molar-refractivity contribution < 1.29 is 9.47 Å². The molecule has 0 atom stereocenters. The molecule has 0 spiro atoms. The molecule has 0 aliphatic heterocycles. The molecule has 0 N–H and O–H groups in total. The topological polar surface area (TPSA) is 18.5 Å². The lowest BCUT2D eigenvalue weighted by molar-refractivity contribution is 0.216. The van der Waals surface area contributed by atoms with Crippen LogP contribution in [0.1, 0.15) is 16.7 Å². The molecule has 0 amide bonds. The Kier molecular flexibility index (Phi) is 5.07. The molecule has 0 unspecified atom stereocenters. The van der Waals surface area contributed by atoms with Gasteiger partial charge in [-0.15, -0.1) is 0 Å². The fraction of sp³-hybridized carbons (Fsp3) is 0.294. The summed E-state index contributed by atoms with van der Waals surface area (Å²) >= 11 is 3.40. The van der Waals surface area contributed by atoms with Crippen molar-refractivity contribution in [2.75, 3.05) is 13.2 Å². The van der Waals surface area contributed by atoms with Crippen LogP contribution in [0.25, 0.3) is 0 Å². The van der Waals surface area contributed by atoms with E-state index in [0.29, 0.717) is 13.2 Å². The van der Waals surface area contributed by atoms with Crippen molar-refractivity contribution in [1.82, 2.24) is 0 Å². The van der Waals surface area contributed by atoms with Gasteiger partial charge in [0.25, 0.3) is 0 Å². The van der Waals surface area contributed by atoms with E-state index in [0.717, 1.165) is 16.0 Å². The second-order valence-electron chi connectivity index (χ2n) is 4.86. The third kappa shape index (κ3) is 4.01. The summed E-state index contributed by atoms with van der Waals surface area (Å²) < 4.78 is 12.5. The summed E-state index contributed by atoms with van der Waals surface area (Å²) in [6.45, 7) is 7.35. The standard InChI is InChI=1S/C17H19BrO2/c1-12-10-13(2)14(3)17(11-12)20-9-8-19-16-6-4-15(18)5-7-16/h4-7,10-11H,8-9H2,1-3H3. The quantitative estimate of drug-likeness (QED) is 0.729. The Morgan fingerprint density at radius 1 is 0.900 bits per heavy atom. The van der Waals surface area contributed by atoms with Crippen molar-refractivity contribution in [3.8, 4) is 11.5 Å². The van der Waals surface area contributed by atoms with Gasteiger partial charge in [-0.25, -0.2) is 0 Å². The number of rotatable bonds is 5. The zero-order chi connectivity index (χ0) is 14.5. The molecule has 2 aromatic rings. The first-order chi connectivity index (χ1) is 9.56. The van der Waals surface area contributed by atoms with Gasteiger partial charge in [0.15, 0.2) is 0 Å². The number of ether oxygens (including phenoxy) is 2. The summed E-state index contributed by atoms with van der Waals surface area (Å²) in [6.07, 6.45) is 0. The minimum atomic E-state index is 0.536. The van der Waals surface area contributed by atoms with Crippen LogP contribution >= 0.6 is 15.9 Å². The lowest BCUT2D eigenvalue weighted by Gasteiger charge is -2.13. The van der Waals surface area contributed by atoms with Crippen LogP contribution in [0, 0.1) is 20.8 Å². The highest BCUT2D eigenvalue weighted by molar-refractivity contribution is 9.10. The third-order valence-electron chi connectivity index (χ3n) is 3.19. The number of halogens is 1. The van der Waals surface area contributed by atoms with E-state index >= 15 is 0 Å². The Bertz CT molecular complexity index is 576. The largest absolute Gasteiger partial charge is 0.490 e. The molecule has 3 heteroatoms. The highest BCUT2D eigenvalue weighted by atomic mass is 79.9. The predicted molar refractivity (Wildman–Crippen MR) is 85.8 cm³/mol. The first-order valence-electron chi connectivity index (χ1n) is 6.65. The summed E-state index contributed by atoms with van der Waals surface area (Å²) in [6, 6.07) is 12.0. The number of benzene rings is 2. The van der Waals surface area contributed by atoms with Gasteiger partial charge in [0.05, 0.1) is 0 Å². The fourth-order valence-electron chi connectivity index (χ4n) is 1.99. The molecular formula is C17H19BrO2. The normalized spacial score (nSPS) is 10.4. The molecule has 2 nitrogen and oxygen atoms in total.